The van der Waals surface area contributed by atoms with Crippen LogP contribution in [0.25, 0.3) is 0 Å². The van der Waals surface area contributed by atoms with E-state index in [4.69, 9.17) is 10.5 Å². The van der Waals surface area contributed by atoms with Crippen LogP contribution in [0.1, 0.15) is 35.1 Å². The van der Waals surface area contributed by atoms with Gasteiger partial charge in [0.25, 0.3) is 0 Å². The molecule has 1 aromatic heterocycles. The third kappa shape index (κ3) is 3.40. The van der Waals surface area contributed by atoms with Gasteiger partial charge in [0.1, 0.15) is 0 Å². The van der Waals surface area contributed by atoms with Crippen molar-refractivity contribution in [2.75, 3.05) is 6.61 Å². The van der Waals surface area contributed by atoms with Crippen molar-refractivity contribution in [3.8, 4) is 0 Å². The lowest BCUT2D eigenvalue weighted by Crippen LogP contribution is -1.95. The summed E-state index contributed by atoms with van der Waals surface area (Å²) in [5.41, 5.74) is 6.88. The minimum Gasteiger partial charge on any atom is -0.377 e. The van der Waals surface area contributed by atoms with E-state index >= 15 is 0 Å². The molecule has 1 rings (SSSR count). The Morgan fingerprint density at radius 3 is 2.86 bits per heavy atom. The van der Waals surface area contributed by atoms with E-state index < -0.39 is 0 Å². The molecule has 1 aromatic rings. The first kappa shape index (κ1) is 11.7. The van der Waals surface area contributed by atoms with Crippen LogP contribution in [-0.4, -0.2) is 6.61 Å². The molecule has 80 valence electrons. The van der Waals surface area contributed by atoms with Crippen LogP contribution in [-0.2, 0) is 17.9 Å². The zero-order chi connectivity index (χ0) is 10.4. The first-order valence-electron chi connectivity index (χ1n) is 5.14. The van der Waals surface area contributed by atoms with Crippen molar-refractivity contribution in [2.24, 2.45) is 5.73 Å². The Bertz CT molecular complexity index is 270. The van der Waals surface area contributed by atoms with E-state index in [1.165, 1.54) is 21.7 Å². The lowest BCUT2D eigenvalue weighted by atomic mass is 10.2. The minimum atomic E-state index is 0.639. The van der Waals surface area contributed by atoms with E-state index in [-0.39, 0.29) is 0 Å². The number of hydrogen-bond acceptors (Lipinski definition) is 3. The van der Waals surface area contributed by atoms with E-state index in [0.717, 1.165) is 19.6 Å². The number of nitrogens with two attached hydrogens (primary N) is 1. The van der Waals surface area contributed by atoms with Crippen LogP contribution in [0.3, 0.4) is 0 Å². The molecule has 0 aliphatic carbocycles. The first-order valence-corrected chi connectivity index (χ1v) is 5.95. The molecule has 2 N–H and O–H groups in total. The number of rotatable bonds is 6. The molecule has 14 heavy (non-hydrogen) atoms. The monoisotopic (exact) mass is 213 g/mol. The number of hydrogen-bond donors (Lipinski definition) is 1. The van der Waals surface area contributed by atoms with Crippen molar-refractivity contribution in [3.63, 3.8) is 0 Å². The molecule has 0 bridgehead atoms. The van der Waals surface area contributed by atoms with Gasteiger partial charge in [-0.3, -0.25) is 0 Å². The second-order valence-corrected chi connectivity index (χ2v) is 4.75. The van der Waals surface area contributed by atoms with Gasteiger partial charge in [0.15, 0.2) is 0 Å². The van der Waals surface area contributed by atoms with Crippen molar-refractivity contribution in [2.45, 2.75) is 39.8 Å². The third-order valence-electron chi connectivity index (χ3n) is 2.17. The van der Waals surface area contributed by atoms with E-state index in [1.807, 2.05) is 0 Å². The van der Waals surface area contributed by atoms with E-state index in [1.54, 1.807) is 11.3 Å². The van der Waals surface area contributed by atoms with Crippen LogP contribution in [0.4, 0.5) is 0 Å². The SMILES string of the molecule is CCCCOCc1cc(CN)sc1C. The average molecular weight is 213 g/mol. The van der Waals surface area contributed by atoms with Crippen molar-refractivity contribution in [1.29, 1.82) is 0 Å². The number of aryl methyl sites for hydroxylation is 1. The maximum atomic E-state index is 5.58. The summed E-state index contributed by atoms with van der Waals surface area (Å²) in [7, 11) is 0. The normalized spacial score (nSPS) is 10.8. The van der Waals surface area contributed by atoms with Gasteiger partial charge in [-0.25, -0.2) is 0 Å². The standard InChI is InChI=1S/C11H19NOS/c1-3-4-5-13-8-10-6-11(7-12)14-9(10)2/h6H,3-5,7-8,12H2,1-2H3. The quantitative estimate of drug-likeness (QED) is 0.737. The minimum absolute atomic E-state index is 0.639. The van der Waals surface area contributed by atoms with Gasteiger partial charge in [0, 0.05) is 22.9 Å². The summed E-state index contributed by atoms with van der Waals surface area (Å²) < 4.78 is 5.56. The summed E-state index contributed by atoms with van der Waals surface area (Å²) in [4.78, 5) is 2.58. The lowest BCUT2D eigenvalue weighted by molar-refractivity contribution is 0.118. The summed E-state index contributed by atoms with van der Waals surface area (Å²) in [5, 5.41) is 0. The predicted molar refractivity (Wildman–Crippen MR) is 61.5 cm³/mol. The van der Waals surface area contributed by atoms with Gasteiger partial charge in [-0.2, -0.15) is 0 Å². The highest BCUT2D eigenvalue weighted by Crippen LogP contribution is 2.21. The van der Waals surface area contributed by atoms with Crippen molar-refractivity contribution < 1.29 is 4.74 Å². The Kier molecular flexibility index (Phi) is 5.15. The molecule has 0 spiro atoms. The van der Waals surface area contributed by atoms with Crippen LogP contribution in [0.2, 0.25) is 0 Å². The van der Waals surface area contributed by atoms with Gasteiger partial charge in [0.2, 0.25) is 0 Å². The van der Waals surface area contributed by atoms with Gasteiger partial charge in [-0.1, -0.05) is 13.3 Å². The molecule has 0 atom stereocenters. The molecule has 2 nitrogen and oxygen atoms in total. The molecule has 1 heterocycles. The fourth-order valence-corrected chi connectivity index (χ4v) is 2.19. The number of thiophene rings is 1. The summed E-state index contributed by atoms with van der Waals surface area (Å²) in [6, 6.07) is 2.16. The van der Waals surface area contributed by atoms with Gasteiger partial charge in [-0.05, 0) is 25.0 Å². The van der Waals surface area contributed by atoms with E-state index in [2.05, 4.69) is 19.9 Å². The van der Waals surface area contributed by atoms with Crippen LogP contribution >= 0.6 is 11.3 Å². The van der Waals surface area contributed by atoms with Crippen LogP contribution < -0.4 is 5.73 Å². The number of unbranched alkanes of at least 4 members (excludes halogenated alkanes) is 1. The second-order valence-electron chi connectivity index (χ2n) is 3.40. The summed E-state index contributed by atoms with van der Waals surface area (Å²) in [6.07, 6.45) is 2.34. The van der Waals surface area contributed by atoms with Crippen LogP contribution in [0.15, 0.2) is 6.07 Å². The number of ether oxygens (including phenoxy) is 1. The zero-order valence-corrected chi connectivity index (χ0v) is 9.82. The second kappa shape index (κ2) is 6.17. The van der Waals surface area contributed by atoms with E-state index in [9.17, 15) is 0 Å². The highest BCUT2D eigenvalue weighted by atomic mass is 32.1. The summed E-state index contributed by atoms with van der Waals surface area (Å²) in [5.74, 6) is 0. The van der Waals surface area contributed by atoms with Crippen LogP contribution in [0, 0.1) is 6.92 Å². The van der Waals surface area contributed by atoms with E-state index in [0.29, 0.717) is 6.54 Å². The molecule has 0 aliphatic rings. The summed E-state index contributed by atoms with van der Waals surface area (Å²) in [6.45, 7) is 6.54. The Balaban J connectivity index is 2.38. The molecule has 3 heteroatoms. The topological polar surface area (TPSA) is 35.2 Å². The molecule has 0 aromatic carbocycles. The Morgan fingerprint density at radius 1 is 1.50 bits per heavy atom. The van der Waals surface area contributed by atoms with Gasteiger partial charge < -0.3 is 10.5 Å². The molecule has 0 aliphatic heterocycles. The maximum absolute atomic E-state index is 5.58. The Labute approximate surface area is 90.1 Å². The molecular formula is C11H19NOS. The van der Waals surface area contributed by atoms with Gasteiger partial charge in [-0.15, -0.1) is 11.3 Å². The lowest BCUT2D eigenvalue weighted by Gasteiger charge is -2.01. The maximum Gasteiger partial charge on any atom is 0.0727 e. The average Bonchev–Trinajstić information content (AvgIpc) is 2.54. The third-order valence-corrected chi connectivity index (χ3v) is 3.29. The highest BCUT2D eigenvalue weighted by Gasteiger charge is 2.03. The highest BCUT2D eigenvalue weighted by molar-refractivity contribution is 7.12. The largest absolute Gasteiger partial charge is 0.377 e. The van der Waals surface area contributed by atoms with Crippen LogP contribution in [0.5, 0.6) is 0 Å². The smallest absolute Gasteiger partial charge is 0.0727 e. The van der Waals surface area contributed by atoms with Crippen molar-refractivity contribution >= 4 is 11.3 Å². The molecule has 0 unspecified atom stereocenters. The molecular weight excluding hydrogens is 194 g/mol. The summed E-state index contributed by atoms with van der Waals surface area (Å²) >= 11 is 1.77. The molecule has 0 fully saturated rings. The Hall–Kier alpha value is -0.380. The van der Waals surface area contributed by atoms with Crippen molar-refractivity contribution in [3.05, 3.63) is 21.4 Å². The molecule has 0 saturated carbocycles. The fourth-order valence-electron chi connectivity index (χ4n) is 1.26. The fraction of sp³-hybridized carbons (Fsp3) is 0.636. The molecule has 0 saturated heterocycles. The molecule has 0 amide bonds. The van der Waals surface area contributed by atoms with Gasteiger partial charge in [0.05, 0.1) is 6.61 Å². The first-order chi connectivity index (χ1) is 6.77. The zero-order valence-electron chi connectivity index (χ0n) is 9.01. The van der Waals surface area contributed by atoms with Gasteiger partial charge >= 0.3 is 0 Å². The van der Waals surface area contributed by atoms with Crippen molar-refractivity contribution in [1.82, 2.24) is 0 Å². The molecule has 0 radical (unpaired) electrons. The predicted octanol–water partition coefficient (Wildman–Crippen LogP) is 2.83. The Morgan fingerprint density at radius 2 is 2.29 bits per heavy atom.